The number of unbranched alkanes of at least 4 members (excludes halogenated alkanes) is 5. The number of ether oxygens (including phenoxy) is 2. The van der Waals surface area contributed by atoms with Crippen LogP contribution in [0.5, 0.6) is 0 Å². The van der Waals surface area contributed by atoms with Gasteiger partial charge in [0.15, 0.2) is 0 Å². The number of rotatable bonds is 7. The second-order valence-electron chi connectivity index (χ2n) is 9.24. The molecule has 1 heterocycles. The molecule has 0 fully saturated rings. The van der Waals surface area contributed by atoms with Gasteiger partial charge >= 0.3 is 12.2 Å². The van der Waals surface area contributed by atoms with Crippen LogP contribution in [0.2, 0.25) is 0 Å². The van der Waals surface area contributed by atoms with Gasteiger partial charge in [-0.25, -0.2) is 19.2 Å². The third kappa shape index (κ3) is 10.4. The second-order valence-corrected chi connectivity index (χ2v) is 9.24. The Hall–Kier alpha value is -2.38. The van der Waals surface area contributed by atoms with E-state index in [2.05, 4.69) is 17.0 Å². The van der Waals surface area contributed by atoms with Crippen molar-refractivity contribution in [2.75, 3.05) is 6.54 Å². The van der Waals surface area contributed by atoms with Crippen LogP contribution >= 0.6 is 0 Å². The predicted octanol–water partition coefficient (Wildman–Crippen LogP) is 5.62. The maximum absolute atomic E-state index is 13.0. The summed E-state index contributed by atoms with van der Waals surface area (Å²) in [5.41, 5.74) is -1.39. The van der Waals surface area contributed by atoms with Gasteiger partial charge in [0.1, 0.15) is 11.2 Å². The highest BCUT2D eigenvalue weighted by Crippen LogP contribution is 2.14. The summed E-state index contributed by atoms with van der Waals surface area (Å²) in [6.45, 7) is 13.2. The molecule has 0 atom stereocenters. The zero-order chi connectivity index (χ0) is 22.8. The number of hydrogen-bond donors (Lipinski definition) is 0. The minimum atomic E-state index is -0.787. The number of hydrogen-bond acceptors (Lipinski definition) is 5. The van der Waals surface area contributed by atoms with Crippen LogP contribution in [0, 0.1) is 0 Å². The van der Waals surface area contributed by atoms with Gasteiger partial charge in [0, 0.05) is 18.9 Å². The number of nitrogens with zero attached hydrogens (tertiary/aromatic N) is 4. The Morgan fingerprint density at radius 1 is 0.967 bits per heavy atom. The lowest BCUT2D eigenvalue weighted by Gasteiger charge is -2.28. The van der Waals surface area contributed by atoms with Gasteiger partial charge in [0.25, 0.3) is 0 Å². The van der Waals surface area contributed by atoms with E-state index in [1.54, 1.807) is 60.0 Å². The Bertz CT molecular complexity index is 685. The highest BCUT2D eigenvalue weighted by molar-refractivity contribution is 5.99. The largest absolute Gasteiger partial charge is 0.443 e. The molecule has 0 aromatic carbocycles. The van der Waals surface area contributed by atoms with Gasteiger partial charge in [-0.1, -0.05) is 39.0 Å². The van der Waals surface area contributed by atoms with Crippen molar-refractivity contribution in [1.29, 1.82) is 0 Å². The zero-order valence-corrected chi connectivity index (χ0v) is 19.6. The minimum absolute atomic E-state index is 0.0667. The summed E-state index contributed by atoms with van der Waals surface area (Å²) in [5.74, 6) is 0.0667. The molecule has 0 aliphatic rings. The molecule has 0 radical (unpaired) electrons. The van der Waals surface area contributed by atoms with E-state index in [0.717, 1.165) is 19.3 Å². The molecule has 0 bridgehead atoms. The van der Waals surface area contributed by atoms with Crippen LogP contribution in [-0.2, 0) is 9.47 Å². The normalized spacial score (nSPS) is 12.6. The van der Waals surface area contributed by atoms with Crippen LogP contribution in [0.15, 0.2) is 23.5 Å². The van der Waals surface area contributed by atoms with Crippen LogP contribution in [0.25, 0.3) is 0 Å². The average Bonchev–Trinajstić information content (AvgIpc) is 3.10. The smallest absolute Gasteiger partial charge is 0.437 e. The summed E-state index contributed by atoms with van der Waals surface area (Å²) in [5, 5.41) is 4.16. The Morgan fingerprint density at radius 3 is 2.10 bits per heavy atom. The Labute approximate surface area is 180 Å². The van der Waals surface area contributed by atoms with E-state index < -0.39 is 23.4 Å². The van der Waals surface area contributed by atoms with Crippen molar-refractivity contribution < 1.29 is 19.1 Å². The van der Waals surface area contributed by atoms with Crippen molar-refractivity contribution >= 4 is 18.1 Å². The highest BCUT2D eigenvalue weighted by Gasteiger charge is 2.28. The van der Waals surface area contributed by atoms with Crippen molar-refractivity contribution in [2.24, 2.45) is 4.99 Å². The van der Waals surface area contributed by atoms with Gasteiger partial charge in [-0.3, -0.25) is 0 Å². The van der Waals surface area contributed by atoms with Gasteiger partial charge in [0.2, 0.25) is 5.96 Å². The third-order valence-electron chi connectivity index (χ3n) is 3.88. The van der Waals surface area contributed by atoms with Gasteiger partial charge in [-0.2, -0.15) is 5.10 Å². The summed E-state index contributed by atoms with van der Waals surface area (Å²) in [6.07, 6.45) is 8.19. The molecule has 0 aliphatic heterocycles. The molecule has 2 amide bonds. The number of aliphatic imine (C=N–C) groups is 1. The molecule has 8 nitrogen and oxygen atoms in total. The third-order valence-corrected chi connectivity index (χ3v) is 3.88. The van der Waals surface area contributed by atoms with E-state index in [1.807, 2.05) is 0 Å². The molecule has 0 aliphatic carbocycles. The lowest BCUT2D eigenvalue weighted by atomic mass is 10.1. The van der Waals surface area contributed by atoms with Crippen molar-refractivity contribution in [2.45, 2.75) is 98.2 Å². The van der Waals surface area contributed by atoms with Crippen molar-refractivity contribution in [1.82, 2.24) is 14.7 Å². The minimum Gasteiger partial charge on any atom is -0.443 e. The van der Waals surface area contributed by atoms with Crippen LogP contribution < -0.4 is 0 Å². The van der Waals surface area contributed by atoms with Crippen LogP contribution in [0.1, 0.15) is 87.0 Å². The molecule has 0 unspecified atom stereocenters. The van der Waals surface area contributed by atoms with Crippen molar-refractivity contribution in [3.63, 3.8) is 0 Å². The average molecular weight is 423 g/mol. The molecule has 0 saturated carbocycles. The van der Waals surface area contributed by atoms with E-state index >= 15 is 0 Å². The number of carbonyl (C=O) groups is 2. The number of amides is 2. The van der Waals surface area contributed by atoms with Crippen LogP contribution in [0.3, 0.4) is 0 Å². The molecule has 30 heavy (non-hydrogen) atoms. The van der Waals surface area contributed by atoms with Gasteiger partial charge in [-0.05, 0) is 54.0 Å². The summed E-state index contributed by atoms with van der Waals surface area (Å²) in [6, 6.07) is 1.70. The SMILES string of the molecule is CCCCCCCCN(C(=O)OC(C)(C)C)/C(=N/C(=O)OC(C)(C)C)n1cccn1. The maximum atomic E-state index is 13.0. The molecule has 1 rings (SSSR count). The topological polar surface area (TPSA) is 86.0 Å². The van der Waals surface area contributed by atoms with Crippen LogP contribution in [0.4, 0.5) is 9.59 Å². The standard InChI is InChI=1S/C22H38N4O4/c1-8-9-10-11-12-13-16-25(20(28)30-22(5,6)7)18(26-17-14-15-23-26)24-19(27)29-21(2,3)4/h14-15,17H,8-13,16H2,1-7H3/b24-18-. The monoisotopic (exact) mass is 422 g/mol. The summed E-state index contributed by atoms with van der Waals surface area (Å²) in [4.78, 5) is 30.8. The van der Waals surface area contributed by atoms with E-state index in [1.165, 1.54) is 28.8 Å². The Morgan fingerprint density at radius 2 is 1.57 bits per heavy atom. The molecule has 1 aromatic rings. The fourth-order valence-corrected chi connectivity index (χ4v) is 2.63. The molecular formula is C22H38N4O4. The lowest BCUT2D eigenvalue weighted by molar-refractivity contribution is 0.0359. The van der Waals surface area contributed by atoms with E-state index in [9.17, 15) is 9.59 Å². The summed E-state index contributed by atoms with van der Waals surface area (Å²) < 4.78 is 12.3. The second kappa shape index (κ2) is 11.7. The summed E-state index contributed by atoms with van der Waals surface area (Å²) in [7, 11) is 0. The van der Waals surface area contributed by atoms with Gasteiger partial charge in [-0.15, -0.1) is 4.99 Å². The Kier molecular flexibility index (Phi) is 10.0. The first-order chi connectivity index (χ1) is 13.9. The fraction of sp³-hybridized carbons (Fsp3) is 0.727. The van der Waals surface area contributed by atoms with E-state index in [4.69, 9.17) is 9.47 Å². The highest BCUT2D eigenvalue weighted by atomic mass is 16.6. The quantitative estimate of drug-likeness (QED) is 0.323. The van der Waals surface area contributed by atoms with E-state index in [0.29, 0.717) is 6.54 Å². The van der Waals surface area contributed by atoms with Crippen molar-refractivity contribution in [3.8, 4) is 0 Å². The first kappa shape index (κ1) is 25.7. The summed E-state index contributed by atoms with van der Waals surface area (Å²) >= 11 is 0. The van der Waals surface area contributed by atoms with Crippen LogP contribution in [-0.4, -0.2) is 50.6 Å². The molecule has 170 valence electrons. The first-order valence-corrected chi connectivity index (χ1v) is 10.7. The molecule has 8 heteroatoms. The fourth-order valence-electron chi connectivity index (χ4n) is 2.63. The lowest BCUT2D eigenvalue weighted by Crippen LogP contribution is -2.45. The molecule has 0 spiro atoms. The maximum Gasteiger partial charge on any atom is 0.437 e. The zero-order valence-electron chi connectivity index (χ0n) is 19.6. The molecule has 0 N–H and O–H groups in total. The van der Waals surface area contributed by atoms with Gasteiger partial charge in [0.05, 0.1) is 0 Å². The molecule has 1 aromatic heterocycles. The number of carbonyl (C=O) groups excluding carboxylic acids is 2. The van der Waals surface area contributed by atoms with Crippen molar-refractivity contribution in [3.05, 3.63) is 18.5 Å². The Balaban J connectivity index is 3.11. The van der Waals surface area contributed by atoms with E-state index in [-0.39, 0.29) is 5.96 Å². The first-order valence-electron chi connectivity index (χ1n) is 10.7. The molecule has 0 saturated heterocycles. The predicted molar refractivity (Wildman–Crippen MR) is 118 cm³/mol. The van der Waals surface area contributed by atoms with Gasteiger partial charge < -0.3 is 9.47 Å². The number of aromatic nitrogens is 2. The molecular weight excluding hydrogens is 384 g/mol.